The fraction of sp³-hybridized carbons (Fsp3) is 0.636. The summed E-state index contributed by atoms with van der Waals surface area (Å²) in [6.07, 6.45) is 14.3. The van der Waals surface area contributed by atoms with Gasteiger partial charge in [-0.15, -0.1) is 0 Å². The van der Waals surface area contributed by atoms with Gasteiger partial charge in [0, 0.05) is 5.41 Å². The van der Waals surface area contributed by atoms with Crippen molar-refractivity contribution in [2.75, 3.05) is 0 Å². The molecule has 0 aliphatic heterocycles. The van der Waals surface area contributed by atoms with E-state index in [1.54, 1.807) is 11.1 Å². The summed E-state index contributed by atoms with van der Waals surface area (Å²) in [6.45, 7) is 28.7. The normalized spacial score (nSPS) is 43.9. The fourth-order valence-electron chi connectivity index (χ4n) is 9.06. The molecule has 4 unspecified atom stereocenters. The minimum atomic E-state index is 0.128. The predicted octanol–water partition coefficient (Wildman–Crippen LogP) is 7.68. The molecule has 0 heteroatoms. The average Bonchev–Trinajstić information content (AvgIpc) is 2.75. The van der Waals surface area contributed by atoms with Gasteiger partial charge in [-0.25, -0.2) is 0 Å². The molecular formula is C33H46. The highest BCUT2D eigenvalue weighted by Gasteiger charge is 2.66. The number of rotatable bonds is 1. The lowest BCUT2D eigenvalue weighted by Gasteiger charge is -2.70. The molecular weight excluding hydrogens is 396 g/mol. The summed E-state index contributed by atoms with van der Waals surface area (Å²) in [5.74, 6) is 0.759. The molecule has 3 saturated carbocycles. The van der Waals surface area contributed by atoms with Crippen molar-refractivity contribution in [2.24, 2.45) is 27.6 Å². The molecule has 0 N–H and O–H groups in total. The van der Waals surface area contributed by atoms with Crippen LogP contribution in [-0.4, -0.2) is 0 Å². The zero-order valence-corrected chi connectivity index (χ0v) is 22.7. The number of hydrogen-bond acceptors (Lipinski definition) is 0. The van der Waals surface area contributed by atoms with Gasteiger partial charge >= 0.3 is 0 Å². The maximum atomic E-state index is 4.46. The zero-order valence-electron chi connectivity index (χ0n) is 22.7. The standard InChI is InChI=1S/C33H46/c1-21(2)30(7)14-13-29(6)15-17-32(9)27-12-11-25-24(5)23(4)22(3)19-26(25)31(27,8)16-18-33(32,10)28(29)20-30/h11-12,19,28H,1,3,13-18,20H2,2,4-10H3/t28?,29?,30-,31?,32?,33+/m1/s1. The molecule has 33 heavy (non-hydrogen) atoms. The maximum Gasteiger partial charge on any atom is 0.0148 e. The van der Waals surface area contributed by atoms with E-state index >= 15 is 0 Å². The van der Waals surface area contributed by atoms with E-state index < -0.39 is 0 Å². The summed E-state index contributed by atoms with van der Waals surface area (Å²) >= 11 is 0. The van der Waals surface area contributed by atoms with Crippen molar-refractivity contribution in [3.05, 3.63) is 57.0 Å². The van der Waals surface area contributed by atoms with Gasteiger partial charge in [0.15, 0.2) is 0 Å². The van der Waals surface area contributed by atoms with E-state index in [0.29, 0.717) is 16.2 Å². The van der Waals surface area contributed by atoms with Crippen LogP contribution in [0.3, 0.4) is 0 Å². The summed E-state index contributed by atoms with van der Waals surface area (Å²) in [5.41, 5.74) is 8.90. The topological polar surface area (TPSA) is 0 Å². The van der Waals surface area contributed by atoms with Gasteiger partial charge in [-0.3, -0.25) is 0 Å². The van der Waals surface area contributed by atoms with Crippen LogP contribution in [0.15, 0.2) is 29.9 Å². The van der Waals surface area contributed by atoms with Gasteiger partial charge in [0.2, 0.25) is 0 Å². The largest absolute Gasteiger partial charge is 0.0996 e. The van der Waals surface area contributed by atoms with Crippen LogP contribution in [0.1, 0.15) is 103 Å². The Morgan fingerprint density at radius 2 is 1.55 bits per heavy atom. The molecule has 0 bridgehead atoms. The highest BCUT2D eigenvalue weighted by atomic mass is 14.7. The Hall–Kier alpha value is -1.56. The van der Waals surface area contributed by atoms with E-state index in [1.165, 1.54) is 72.1 Å². The van der Waals surface area contributed by atoms with Crippen LogP contribution >= 0.6 is 0 Å². The van der Waals surface area contributed by atoms with Gasteiger partial charge in [0.05, 0.1) is 0 Å². The monoisotopic (exact) mass is 442 g/mol. The van der Waals surface area contributed by atoms with Gasteiger partial charge in [-0.05, 0) is 120 Å². The fourth-order valence-corrected chi connectivity index (χ4v) is 9.06. The van der Waals surface area contributed by atoms with Crippen LogP contribution in [-0.2, 0) is 5.41 Å². The van der Waals surface area contributed by atoms with E-state index in [9.17, 15) is 0 Å². The Balaban J connectivity index is 1.68. The van der Waals surface area contributed by atoms with Crippen molar-refractivity contribution < 1.29 is 0 Å². The van der Waals surface area contributed by atoms with Crippen LogP contribution in [0.25, 0.3) is 12.7 Å². The summed E-state index contributed by atoms with van der Waals surface area (Å²) < 4.78 is 0. The van der Waals surface area contributed by atoms with E-state index in [4.69, 9.17) is 0 Å². The first-order valence-electron chi connectivity index (χ1n) is 13.4. The second-order valence-corrected chi connectivity index (χ2v) is 13.8. The lowest BCUT2D eigenvalue weighted by molar-refractivity contribution is -0.154. The number of allylic oxidation sites excluding steroid dienone is 3. The highest BCUT2D eigenvalue weighted by Crippen LogP contribution is 2.74. The molecule has 178 valence electrons. The molecule has 0 amide bonds. The molecule has 3 fully saturated rings. The molecule has 0 aromatic heterocycles. The van der Waals surface area contributed by atoms with Crippen LogP contribution in [0.2, 0.25) is 0 Å². The first-order chi connectivity index (χ1) is 15.2. The minimum Gasteiger partial charge on any atom is -0.0996 e. The van der Waals surface area contributed by atoms with Crippen LogP contribution in [0.5, 0.6) is 0 Å². The summed E-state index contributed by atoms with van der Waals surface area (Å²) in [7, 11) is 0. The van der Waals surface area contributed by atoms with Gasteiger partial charge in [0.1, 0.15) is 0 Å². The third-order valence-corrected chi connectivity index (χ3v) is 12.4. The van der Waals surface area contributed by atoms with E-state index in [1.807, 2.05) is 0 Å². The quantitative estimate of drug-likeness (QED) is 0.391. The zero-order chi connectivity index (χ0) is 24.2. The van der Waals surface area contributed by atoms with Crippen LogP contribution < -0.4 is 10.4 Å². The molecule has 5 rings (SSSR count). The molecule has 0 spiro atoms. The first-order valence-corrected chi connectivity index (χ1v) is 13.4. The summed E-state index contributed by atoms with van der Waals surface area (Å²) in [4.78, 5) is 0. The molecule has 4 aliphatic rings. The molecule has 0 radical (unpaired) electrons. The Morgan fingerprint density at radius 3 is 2.21 bits per heavy atom. The lowest BCUT2D eigenvalue weighted by Crippen LogP contribution is -2.62. The van der Waals surface area contributed by atoms with Gasteiger partial charge in [-0.1, -0.05) is 77.1 Å². The molecule has 6 atom stereocenters. The minimum absolute atomic E-state index is 0.128. The molecule has 1 aromatic rings. The number of benzene rings is 1. The highest BCUT2D eigenvalue weighted by molar-refractivity contribution is 5.59. The van der Waals surface area contributed by atoms with Crippen molar-refractivity contribution in [2.45, 2.75) is 106 Å². The molecule has 1 aromatic carbocycles. The number of hydrogen-bond donors (Lipinski definition) is 0. The third kappa shape index (κ3) is 2.76. The second kappa shape index (κ2) is 6.77. The number of fused-ring (bicyclic) bond motifs is 7. The third-order valence-electron chi connectivity index (χ3n) is 12.4. The predicted molar refractivity (Wildman–Crippen MR) is 144 cm³/mol. The van der Waals surface area contributed by atoms with Crippen LogP contribution in [0.4, 0.5) is 0 Å². The van der Waals surface area contributed by atoms with Gasteiger partial charge < -0.3 is 0 Å². The molecule has 4 aliphatic carbocycles. The van der Waals surface area contributed by atoms with Crippen molar-refractivity contribution in [1.82, 2.24) is 0 Å². The van der Waals surface area contributed by atoms with Gasteiger partial charge in [0.25, 0.3) is 0 Å². The van der Waals surface area contributed by atoms with E-state index in [0.717, 1.165) is 5.92 Å². The van der Waals surface area contributed by atoms with Gasteiger partial charge in [-0.2, -0.15) is 0 Å². The Labute approximate surface area is 203 Å². The van der Waals surface area contributed by atoms with E-state index in [2.05, 4.69) is 86.8 Å². The first kappa shape index (κ1) is 23.2. The molecule has 0 saturated heterocycles. The molecule has 0 heterocycles. The lowest BCUT2D eigenvalue weighted by atomic mass is 9.34. The van der Waals surface area contributed by atoms with Crippen LogP contribution in [0, 0.1) is 41.4 Å². The Morgan fingerprint density at radius 1 is 0.879 bits per heavy atom. The van der Waals surface area contributed by atoms with E-state index in [-0.39, 0.29) is 10.8 Å². The summed E-state index contributed by atoms with van der Waals surface area (Å²) in [6, 6.07) is 2.43. The molecule has 0 nitrogen and oxygen atoms in total. The Kier molecular flexibility index (Phi) is 4.76. The van der Waals surface area contributed by atoms with Crippen molar-refractivity contribution >= 4 is 12.7 Å². The van der Waals surface area contributed by atoms with Crippen molar-refractivity contribution in [1.29, 1.82) is 0 Å². The average molecular weight is 443 g/mol. The maximum absolute atomic E-state index is 4.46. The SMILES string of the molecule is C=C(C)[C@]1(C)CCC2(C)CCC3(C)C4=CC=c5c(cc(=C)c(C)c5C)C4(C)CC[C@@]3(C)C2C1. The summed E-state index contributed by atoms with van der Waals surface area (Å²) in [5, 5.41) is 2.67. The van der Waals surface area contributed by atoms with Crippen molar-refractivity contribution in [3.8, 4) is 0 Å². The smallest absolute Gasteiger partial charge is 0.0148 e. The van der Waals surface area contributed by atoms with Crippen molar-refractivity contribution in [3.63, 3.8) is 0 Å². The Bertz CT molecular complexity index is 1200. The second-order valence-electron chi connectivity index (χ2n) is 13.8.